The summed E-state index contributed by atoms with van der Waals surface area (Å²) in [5.74, 6) is 0.599. The van der Waals surface area contributed by atoms with E-state index in [9.17, 15) is 14.9 Å². The van der Waals surface area contributed by atoms with E-state index in [1.165, 1.54) is 19.4 Å². The third-order valence-corrected chi connectivity index (χ3v) is 3.68. The van der Waals surface area contributed by atoms with Gasteiger partial charge in [0.05, 0.1) is 18.0 Å². The molecular formula is C13H17N3O4. The van der Waals surface area contributed by atoms with Gasteiger partial charge in [0.25, 0.3) is 5.69 Å². The second-order valence-electron chi connectivity index (χ2n) is 4.97. The molecule has 1 saturated heterocycles. The van der Waals surface area contributed by atoms with Crippen molar-refractivity contribution < 1.29 is 14.5 Å². The van der Waals surface area contributed by atoms with Crippen LogP contribution in [0.5, 0.6) is 0 Å². The summed E-state index contributed by atoms with van der Waals surface area (Å²) < 4.78 is 4.80. The molecule has 0 unspecified atom stereocenters. The number of pyridine rings is 1. The van der Waals surface area contributed by atoms with Gasteiger partial charge in [-0.25, -0.2) is 4.98 Å². The maximum absolute atomic E-state index is 11.6. The van der Waals surface area contributed by atoms with Crippen molar-refractivity contribution in [2.45, 2.75) is 13.3 Å². The van der Waals surface area contributed by atoms with Crippen LogP contribution in [0.1, 0.15) is 13.3 Å². The Hall–Kier alpha value is -2.18. The number of piperidine rings is 1. The Morgan fingerprint density at radius 2 is 2.30 bits per heavy atom. The average Bonchev–Trinajstić information content (AvgIpc) is 2.46. The Morgan fingerprint density at radius 3 is 2.80 bits per heavy atom. The van der Waals surface area contributed by atoms with Crippen molar-refractivity contribution in [1.82, 2.24) is 4.98 Å². The van der Waals surface area contributed by atoms with Crippen molar-refractivity contribution >= 4 is 17.5 Å². The summed E-state index contributed by atoms with van der Waals surface area (Å²) >= 11 is 0. The number of carbonyl (C=O) groups excluding carboxylic acids is 1. The number of anilines is 1. The first-order valence-electron chi connectivity index (χ1n) is 6.46. The van der Waals surface area contributed by atoms with Crippen molar-refractivity contribution in [3.8, 4) is 0 Å². The van der Waals surface area contributed by atoms with Gasteiger partial charge in [-0.15, -0.1) is 0 Å². The molecule has 1 aromatic rings. The van der Waals surface area contributed by atoms with Crippen molar-refractivity contribution in [2.24, 2.45) is 11.8 Å². The average molecular weight is 279 g/mol. The van der Waals surface area contributed by atoms with E-state index >= 15 is 0 Å². The highest BCUT2D eigenvalue weighted by Gasteiger charge is 2.32. The smallest absolute Gasteiger partial charge is 0.309 e. The molecule has 0 aromatic carbocycles. The molecule has 1 aliphatic heterocycles. The van der Waals surface area contributed by atoms with Crippen LogP contribution in [-0.2, 0) is 9.53 Å². The number of hydrogen-bond donors (Lipinski definition) is 0. The van der Waals surface area contributed by atoms with E-state index in [1.54, 1.807) is 6.07 Å². The highest BCUT2D eigenvalue weighted by molar-refractivity contribution is 5.73. The molecule has 7 nitrogen and oxygen atoms in total. The number of rotatable bonds is 3. The summed E-state index contributed by atoms with van der Waals surface area (Å²) in [6, 6.07) is 3.09. The lowest BCUT2D eigenvalue weighted by Gasteiger charge is -2.36. The molecule has 7 heteroatoms. The predicted octanol–water partition coefficient (Wildman–Crippen LogP) is 1.63. The van der Waals surface area contributed by atoms with E-state index in [1.807, 2.05) is 11.8 Å². The molecule has 0 radical (unpaired) electrons. The van der Waals surface area contributed by atoms with Gasteiger partial charge in [-0.2, -0.15) is 0 Å². The number of hydrogen-bond acceptors (Lipinski definition) is 6. The fraction of sp³-hybridized carbons (Fsp3) is 0.538. The molecule has 108 valence electrons. The zero-order valence-electron chi connectivity index (χ0n) is 11.5. The lowest BCUT2D eigenvalue weighted by molar-refractivity contribution is -0.385. The van der Waals surface area contributed by atoms with E-state index in [0.29, 0.717) is 25.3 Å². The van der Waals surface area contributed by atoms with Crippen LogP contribution >= 0.6 is 0 Å². The molecule has 0 saturated carbocycles. The van der Waals surface area contributed by atoms with Gasteiger partial charge in [0.2, 0.25) is 0 Å². The Bertz CT molecular complexity index is 503. The molecule has 0 aliphatic carbocycles. The first-order valence-corrected chi connectivity index (χ1v) is 6.46. The van der Waals surface area contributed by atoms with Crippen molar-refractivity contribution in [1.29, 1.82) is 0 Å². The van der Waals surface area contributed by atoms with Gasteiger partial charge in [0.1, 0.15) is 12.0 Å². The summed E-state index contributed by atoms with van der Waals surface area (Å²) in [5, 5.41) is 10.6. The molecular weight excluding hydrogens is 262 g/mol. The van der Waals surface area contributed by atoms with Gasteiger partial charge in [-0.1, -0.05) is 6.92 Å². The van der Waals surface area contributed by atoms with Crippen molar-refractivity contribution in [3.05, 3.63) is 28.4 Å². The number of aromatic nitrogens is 1. The number of ether oxygens (including phenoxy) is 1. The number of methoxy groups -OCH3 is 1. The Labute approximate surface area is 116 Å². The monoisotopic (exact) mass is 279 g/mol. The normalized spacial score (nSPS) is 22.4. The maximum atomic E-state index is 11.6. The topological polar surface area (TPSA) is 85.6 Å². The summed E-state index contributed by atoms with van der Waals surface area (Å²) in [7, 11) is 1.40. The van der Waals surface area contributed by atoms with Gasteiger partial charge >= 0.3 is 5.97 Å². The van der Waals surface area contributed by atoms with Crippen molar-refractivity contribution in [3.63, 3.8) is 0 Å². The fourth-order valence-corrected chi connectivity index (χ4v) is 2.53. The second-order valence-corrected chi connectivity index (χ2v) is 4.97. The molecule has 0 amide bonds. The van der Waals surface area contributed by atoms with Crippen LogP contribution in [0.15, 0.2) is 18.3 Å². The molecule has 0 bridgehead atoms. The summed E-state index contributed by atoms with van der Waals surface area (Å²) in [5.41, 5.74) is -0.0220. The molecule has 1 aromatic heterocycles. The van der Waals surface area contributed by atoms with E-state index in [-0.39, 0.29) is 23.5 Å². The minimum atomic E-state index is -0.469. The molecule has 0 N–H and O–H groups in total. The standard InChI is InChI=1S/C13H17N3O4/c1-9-8-15(6-5-11(9)13(17)20-2)12-4-3-10(7-14-12)16(18)19/h3-4,7,9,11H,5-6,8H2,1-2H3/t9-,11+/m0/s1. The van der Waals surface area contributed by atoms with Gasteiger partial charge < -0.3 is 9.64 Å². The zero-order valence-corrected chi connectivity index (χ0v) is 11.5. The zero-order chi connectivity index (χ0) is 14.7. The highest BCUT2D eigenvalue weighted by atomic mass is 16.6. The maximum Gasteiger partial charge on any atom is 0.309 e. The molecule has 1 fully saturated rings. The molecule has 2 atom stereocenters. The fourth-order valence-electron chi connectivity index (χ4n) is 2.53. The third kappa shape index (κ3) is 2.87. The first kappa shape index (κ1) is 14.2. The summed E-state index contributed by atoms with van der Waals surface area (Å²) in [6.07, 6.45) is 1.96. The van der Waals surface area contributed by atoms with Gasteiger partial charge in [-0.3, -0.25) is 14.9 Å². The number of esters is 1. The largest absolute Gasteiger partial charge is 0.469 e. The number of carbonyl (C=O) groups is 1. The van der Waals surface area contributed by atoms with Crippen molar-refractivity contribution in [2.75, 3.05) is 25.1 Å². The highest BCUT2D eigenvalue weighted by Crippen LogP contribution is 2.27. The number of nitrogens with zero attached hydrogens (tertiary/aromatic N) is 3. The second kappa shape index (κ2) is 5.85. The van der Waals surface area contributed by atoms with Crippen LogP contribution in [0.25, 0.3) is 0 Å². The van der Waals surface area contributed by atoms with E-state index in [0.717, 1.165) is 0 Å². The summed E-state index contributed by atoms with van der Waals surface area (Å²) in [6.45, 7) is 3.37. The Morgan fingerprint density at radius 1 is 1.55 bits per heavy atom. The number of nitro groups is 1. The molecule has 20 heavy (non-hydrogen) atoms. The van der Waals surface area contributed by atoms with Crippen LogP contribution in [0.2, 0.25) is 0 Å². The molecule has 2 rings (SSSR count). The minimum absolute atomic E-state index is 0.0220. The molecule has 2 heterocycles. The van der Waals surface area contributed by atoms with E-state index in [4.69, 9.17) is 4.74 Å². The van der Waals surface area contributed by atoms with Crippen LogP contribution in [-0.4, -0.2) is 36.1 Å². The Kier molecular flexibility index (Phi) is 4.16. The van der Waals surface area contributed by atoms with Crippen LogP contribution in [0.3, 0.4) is 0 Å². The SMILES string of the molecule is COC(=O)[C@@H]1CCN(c2ccc([N+](=O)[O-])cn2)C[C@@H]1C. The van der Waals surface area contributed by atoms with Gasteiger partial charge in [-0.05, 0) is 18.4 Å². The van der Waals surface area contributed by atoms with Crippen LogP contribution in [0.4, 0.5) is 11.5 Å². The third-order valence-electron chi connectivity index (χ3n) is 3.68. The van der Waals surface area contributed by atoms with E-state index < -0.39 is 4.92 Å². The van der Waals surface area contributed by atoms with Crippen LogP contribution in [0, 0.1) is 22.0 Å². The minimum Gasteiger partial charge on any atom is -0.469 e. The van der Waals surface area contributed by atoms with Crippen LogP contribution < -0.4 is 4.90 Å². The lowest BCUT2D eigenvalue weighted by Crippen LogP contribution is -2.42. The first-order chi connectivity index (χ1) is 9.52. The molecule has 1 aliphatic rings. The lowest BCUT2D eigenvalue weighted by atomic mass is 9.87. The van der Waals surface area contributed by atoms with Gasteiger partial charge in [0, 0.05) is 19.2 Å². The quantitative estimate of drug-likeness (QED) is 0.475. The Balaban J connectivity index is 2.05. The molecule has 0 spiro atoms. The predicted molar refractivity (Wildman–Crippen MR) is 72.4 cm³/mol. The summed E-state index contributed by atoms with van der Waals surface area (Å²) in [4.78, 5) is 27.9. The van der Waals surface area contributed by atoms with E-state index in [2.05, 4.69) is 4.98 Å². The van der Waals surface area contributed by atoms with Gasteiger partial charge in [0.15, 0.2) is 0 Å².